The van der Waals surface area contributed by atoms with Crippen molar-refractivity contribution in [2.45, 2.75) is 18.6 Å². The zero-order chi connectivity index (χ0) is 9.90. The Labute approximate surface area is 77.8 Å². The highest BCUT2D eigenvalue weighted by molar-refractivity contribution is 5.25. The largest absolute Gasteiger partial charge is 0.382 e. The molecule has 0 bridgehead atoms. The summed E-state index contributed by atoms with van der Waals surface area (Å²) in [5, 5.41) is 19.2. The van der Waals surface area contributed by atoms with Crippen molar-refractivity contribution in [3.05, 3.63) is 35.9 Å². The Morgan fingerprint density at radius 3 is 2.38 bits per heavy atom. The molecule has 2 N–H and O–H groups in total. The molecular weight excluding hydrogens is 164 g/mol. The third-order valence-electron chi connectivity index (χ3n) is 2.05. The minimum atomic E-state index is -1.38. The first-order valence-electron chi connectivity index (χ1n) is 4.01. The van der Waals surface area contributed by atoms with Gasteiger partial charge in [-0.15, -0.1) is 6.42 Å². The lowest BCUT2D eigenvalue weighted by atomic mass is 9.91. The molecule has 2 unspecified atom stereocenters. The molecule has 0 amide bonds. The molecule has 0 fully saturated rings. The second-order valence-corrected chi connectivity index (χ2v) is 3.08. The molecule has 0 spiro atoms. The molecule has 1 aromatic rings. The lowest BCUT2D eigenvalue weighted by Crippen LogP contribution is -2.35. The molecule has 1 aromatic carbocycles. The standard InChI is InChI=1S/C11H12O2/c1-3-10(12)11(2,13)9-7-5-4-6-8-9/h1,4-8,10,12-13H,2H3. The maximum Gasteiger partial charge on any atom is 0.146 e. The van der Waals surface area contributed by atoms with E-state index in [1.165, 1.54) is 6.92 Å². The number of aliphatic hydroxyl groups is 2. The maximum absolute atomic E-state index is 9.86. The zero-order valence-electron chi connectivity index (χ0n) is 7.44. The highest BCUT2D eigenvalue weighted by Gasteiger charge is 2.30. The van der Waals surface area contributed by atoms with Crippen molar-refractivity contribution >= 4 is 0 Å². The third-order valence-corrected chi connectivity index (χ3v) is 2.05. The highest BCUT2D eigenvalue weighted by Crippen LogP contribution is 2.23. The Kier molecular flexibility index (Phi) is 2.72. The van der Waals surface area contributed by atoms with Gasteiger partial charge in [-0.2, -0.15) is 0 Å². The molecule has 0 radical (unpaired) electrons. The summed E-state index contributed by atoms with van der Waals surface area (Å²) in [6, 6.07) is 8.85. The summed E-state index contributed by atoms with van der Waals surface area (Å²) >= 11 is 0. The molecule has 0 saturated carbocycles. The second kappa shape index (κ2) is 3.61. The van der Waals surface area contributed by atoms with Crippen LogP contribution in [0.2, 0.25) is 0 Å². The van der Waals surface area contributed by atoms with Gasteiger partial charge in [0.25, 0.3) is 0 Å². The van der Waals surface area contributed by atoms with E-state index in [1.807, 2.05) is 6.07 Å². The van der Waals surface area contributed by atoms with E-state index in [9.17, 15) is 10.2 Å². The van der Waals surface area contributed by atoms with Crippen molar-refractivity contribution in [3.8, 4) is 12.3 Å². The van der Waals surface area contributed by atoms with Crippen LogP contribution in [0.3, 0.4) is 0 Å². The van der Waals surface area contributed by atoms with Crippen LogP contribution < -0.4 is 0 Å². The van der Waals surface area contributed by atoms with E-state index in [0.717, 1.165) is 0 Å². The van der Waals surface area contributed by atoms with E-state index in [0.29, 0.717) is 5.56 Å². The van der Waals surface area contributed by atoms with E-state index in [-0.39, 0.29) is 0 Å². The predicted molar refractivity (Wildman–Crippen MR) is 50.9 cm³/mol. The fraction of sp³-hybridized carbons (Fsp3) is 0.273. The Hall–Kier alpha value is -1.30. The van der Waals surface area contributed by atoms with Crippen molar-refractivity contribution in [1.82, 2.24) is 0 Å². The molecule has 68 valence electrons. The third kappa shape index (κ3) is 1.89. The minimum Gasteiger partial charge on any atom is -0.382 e. The summed E-state index contributed by atoms with van der Waals surface area (Å²) in [5.74, 6) is 2.11. The topological polar surface area (TPSA) is 40.5 Å². The van der Waals surface area contributed by atoms with Gasteiger partial charge in [-0.1, -0.05) is 36.3 Å². The highest BCUT2D eigenvalue weighted by atomic mass is 16.3. The van der Waals surface area contributed by atoms with Gasteiger partial charge in [-0.3, -0.25) is 0 Å². The lowest BCUT2D eigenvalue weighted by Gasteiger charge is -2.25. The maximum atomic E-state index is 9.86. The average molecular weight is 176 g/mol. The minimum absolute atomic E-state index is 0.612. The summed E-state index contributed by atoms with van der Waals surface area (Å²) < 4.78 is 0. The monoisotopic (exact) mass is 176 g/mol. The molecule has 1 rings (SSSR count). The van der Waals surface area contributed by atoms with Crippen LogP contribution in [0, 0.1) is 12.3 Å². The molecule has 13 heavy (non-hydrogen) atoms. The number of benzene rings is 1. The molecular formula is C11H12O2. The summed E-state index contributed by atoms with van der Waals surface area (Å²) in [4.78, 5) is 0. The van der Waals surface area contributed by atoms with Gasteiger partial charge in [-0.05, 0) is 12.5 Å². The van der Waals surface area contributed by atoms with Crippen molar-refractivity contribution in [1.29, 1.82) is 0 Å². The number of hydrogen-bond acceptors (Lipinski definition) is 2. The van der Waals surface area contributed by atoms with Crippen LogP contribution in [0.1, 0.15) is 12.5 Å². The van der Waals surface area contributed by atoms with Gasteiger partial charge >= 0.3 is 0 Å². The molecule has 0 heterocycles. The molecule has 2 heteroatoms. The first-order chi connectivity index (χ1) is 6.09. The van der Waals surface area contributed by atoms with E-state index >= 15 is 0 Å². The SMILES string of the molecule is C#CC(O)C(C)(O)c1ccccc1. The molecule has 0 aliphatic heterocycles. The van der Waals surface area contributed by atoms with Gasteiger partial charge in [0.15, 0.2) is 0 Å². The summed E-state index contributed by atoms with van der Waals surface area (Å²) in [6.45, 7) is 1.49. The van der Waals surface area contributed by atoms with E-state index in [1.54, 1.807) is 24.3 Å². The average Bonchev–Trinajstić information content (AvgIpc) is 2.18. The van der Waals surface area contributed by atoms with Crippen LogP contribution in [-0.4, -0.2) is 16.3 Å². The van der Waals surface area contributed by atoms with E-state index in [2.05, 4.69) is 5.92 Å². The molecule has 0 aliphatic carbocycles. The van der Waals surface area contributed by atoms with Gasteiger partial charge in [0, 0.05) is 0 Å². The normalized spacial score (nSPS) is 17.1. The lowest BCUT2D eigenvalue weighted by molar-refractivity contribution is -0.0376. The van der Waals surface area contributed by atoms with Crippen LogP contribution >= 0.6 is 0 Å². The van der Waals surface area contributed by atoms with Gasteiger partial charge in [0.2, 0.25) is 0 Å². The van der Waals surface area contributed by atoms with Gasteiger partial charge in [0.1, 0.15) is 11.7 Å². The van der Waals surface area contributed by atoms with Crippen molar-refractivity contribution < 1.29 is 10.2 Å². The van der Waals surface area contributed by atoms with Crippen LogP contribution in [0.15, 0.2) is 30.3 Å². The smallest absolute Gasteiger partial charge is 0.146 e. The van der Waals surface area contributed by atoms with Crippen LogP contribution in [0.4, 0.5) is 0 Å². The number of aliphatic hydroxyl groups excluding tert-OH is 1. The zero-order valence-corrected chi connectivity index (χ0v) is 7.44. The summed E-state index contributed by atoms with van der Waals surface area (Å²) in [7, 11) is 0. The van der Waals surface area contributed by atoms with Crippen LogP contribution in [-0.2, 0) is 5.60 Å². The van der Waals surface area contributed by atoms with Gasteiger partial charge in [-0.25, -0.2) is 0 Å². The summed E-state index contributed by atoms with van der Waals surface area (Å²) in [6.07, 6.45) is 3.85. The van der Waals surface area contributed by atoms with Crippen molar-refractivity contribution in [2.24, 2.45) is 0 Å². The van der Waals surface area contributed by atoms with E-state index in [4.69, 9.17) is 6.42 Å². The molecule has 0 saturated heterocycles. The van der Waals surface area contributed by atoms with Gasteiger partial charge in [0.05, 0.1) is 0 Å². The quantitative estimate of drug-likeness (QED) is 0.657. The Bertz CT molecular complexity index is 309. The van der Waals surface area contributed by atoms with Crippen molar-refractivity contribution in [2.75, 3.05) is 0 Å². The van der Waals surface area contributed by atoms with Crippen molar-refractivity contribution in [3.63, 3.8) is 0 Å². The van der Waals surface area contributed by atoms with E-state index < -0.39 is 11.7 Å². The molecule has 0 aliphatic rings. The van der Waals surface area contributed by atoms with Crippen LogP contribution in [0.5, 0.6) is 0 Å². The Balaban J connectivity index is 3.02. The molecule has 2 atom stereocenters. The predicted octanol–water partition coefficient (Wildman–Crippen LogP) is 0.888. The van der Waals surface area contributed by atoms with Crippen LogP contribution in [0.25, 0.3) is 0 Å². The number of rotatable bonds is 2. The fourth-order valence-electron chi connectivity index (χ4n) is 1.10. The number of terminal acetylenes is 1. The summed E-state index contributed by atoms with van der Waals surface area (Å²) in [5.41, 5.74) is -0.767. The number of hydrogen-bond donors (Lipinski definition) is 2. The van der Waals surface area contributed by atoms with Gasteiger partial charge < -0.3 is 10.2 Å². The first-order valence-corrected chi connectivity index (χ1v) is 4.01. The fourth-order valence-corrected chi connectivity index (χ4v) is 1.10. The Morgan fingerprint density at radius 1 is 1.38 bits per heavy atom. The Morgan fingerprint density at radius 2 is 1.92 bits per heavy atom. The molecule has 2 nitrogen and oxygen atoms in total. The second-order valence-electron chi connectivity index (χ2n) is 3.08. The molecule has 0 aromatic heterocycles. The first kappa shape index (κ1) is 9.79.